The Kier molecular flexibility index (Phi) is 9.84. The van der Waals surface area contributed by atoms with Gasteiger partial charge in [-0.25, -0.2) is 10.0 Å². The number of nitrogens with zero attached hydrogens (tertiary/aromatic N) is 2. The van der Waals surface area contributed by atoms with Crippen LogP contribution in [0.25, 0.3) is 0 Å². The van der Waals surface area contributed by atoms with Gasteiger partial charge in [0, 0.05) is 9.92 Å². The number of carbonyl (C=O) groups excluding carboxylic acids is 2. The molecule has 4 aromatic rings. The largest absolute Gasteiger partial charge is 0.480 e. The highest BCUT2D eigenvalue weighted by Gasteiger charge is 2.40. The minimum atomic E-state index is -0.755. The van der Waals surface area contributed by atoms with Crippen LogP contribution in [-0.2, 0) is 9.59 Å². The van der Waals surface area contributed by atoms with Crippen molar-refractivity contribution < 1.29 is 14.3 Å². The molecule has 0 bridgehead atoms. The Bertz CT molecular complexity index is 1730. The zero-order chi connectivity index (χ0) is 31.4. The molecule has 0 spiro atoms. The number of anilines is 2. The van der Waals surface area contributed by atoms with E-state index in [-0.39, 0.29) is 11.8 Å². The minimum Gasteiger partial charge on any atom is -0.480 e. The lowest BCUT2D eigenvalue weighted by atomic mass is 10.1. The van der Waals surface area contributed by atoms with Crippen LogP contribution < -0.4 is 20.5 Å². The molecule has 5 rings (SSSR count). The van der Waals surface area contributed by atoms with E-state index >= 15 is 0 Å². The van der Waals surface area contributed by atoms with Gasteiger partial charge in [-0.1, -0.05) is 66.0 Å². The number of nitrogens with one attached hydrogen (secondary N) is 2. The van der Waals surface area contributed by atoms with Crippen LogP contribution in [0, 0.1) is 20.8 Å². The molecular weight excluding hydrogens is 615 g/mol. The Labute approximate surface area is 271 Å². The maximum Gasteiger partial charge on any atom is 0.266 e. The molecule has 4 aromatic carbocycles. The van der Waals surface area contributed by atoms with Crippen molar-refractivity contribution in [2.75, 3.05) is 10.3 Å². The summed E-state index contributed by atoms with van der Waals surface area (Å²) in [6.07, 6.45) is -0.227. The topological polar surface area (TPSA) is 83.0 Å². The summed E-state index contributed by atoms with van der Waals surface area (Å²) in [4.78, 5) is 32.8. The number of para-hydroxylation sites is 1. The van der Waals surface area contributed by atoms with Crippen molar-refractivity contribution in [1.82, 2.24) is 5.43 Å². The number of thioether (sulfide) groups is 1. The molecule has 44 heavy (non-hydrogen) atoms. The Balaban J connectivity index is 1.43. The van der Waals surface area contributed by atoms with E-state index in [1.165, 1.54) is 16.8 Å². The molecule has 1 aliphatic heterocycles. The first-order valence-electron chi connectivity index (χ1n) is 14.1. The fourth-order valence-corrected chi connectivity index (χ4v) is 6.17. The lowest BCUT2D eigenvalue weighted by molar-refractivity contribution is -0.122. The Morgan fingerprint density at radius 2 is 1.70 bits per heavy atom. The van der Waals surface area contributed by atoms with Crippen molar-refractivity contribution in [3.05, 3.63) is 112 Å². The zero-order valence-corrected chi connectivity index (χ0v) is 27.1. The van der Waals surface area contributed by atoms with Gasteiger partial charge >= 0.3 is 0 Å². The van der Waals surface area contributed by atoms with Crippen LogP contribution in [0.4, 0.5) is 17.1 Å². The van der Waals surface area contributed by atoms with E-state index < -0.39 is 11.4 Å². The highest BCUT2D eigenvalue weighted by molar-refractivity contribution is 8.01. The summed E-state index contributed by atoms with van der Waals surface area (Å²) in [7, 11) is 0. The summed E-state index contributed by atoms with van der Waals surface area (Å²) >= 11 is 13.9. The Morgan fingerprint density at radius 3 is 2.41 bits per heavy atom. The van der Waals surface area contributed by atoms with Crippen LogP contribution in [0.1, 0.15) is 30.0 Å². The third kappa shape index (κ3) is 7.21. The lowest BCUT2D eigenvalue weighted by Crippen LogP contribution is -2.35. The Hall–Kier alpha value is -3.98. The SMILES string of the molecule is CCC(Oc1ccc(C)cc1C)C(=O)Nc1ccccc1SC1C(=O)N(c2ccc(Cl)cc2)NC1=Nc1ccc(C)cc1Cl. The molecule has 2 unspecified atom stereocenters. The molecule has 7 nitrogen and oxygen atoms in total. The number of hydrazine groups is 1. The van der Waals surface area contributed by atoms with Crippen molar-refractivity contribution in [2.45, 2.75) is 50.4 Å². The molecule has 1 saturated heterocycles. The van der Waals surface area contributed by atoms with E-state index in [9.17, 15) is 9.59 Å². The number of aliphatic imine (C=N–C) groups is 1. The van der Waals surface area contributed by atoms with E-state index in [4.69, 9.17) is 32.9 Å². The second-order valence-electron chi connectivity index (χ2n) is 10.5. The highest BCUT2D eigenvalue weighted by Crippen LogP contribution is 2.36. The number of benzene rings is 4. The molecule has 0 saturated carbocycles. The zero-order valence-electron chi connectivity index (χ0n) is 24.7. The molecule has 226 valence electrons. The van der Waals surface area contributed by atoms with E-state index in [1.807, 2.05) is 88.4 Å². The molecule has 1 heterocycles. The third-order valence-corrected chi connectivity index (χ3v) is 8.83. The predicted molar refractivity (Wildman–Crippen MR) is 181 cm³/mol. The fraction of sp³-hybridized carbons (Fsp3) is 0.206. The number of amidine groups is 1. The first-order valence-corrected chi connectivity index (χ1v) is 15.8. The first-order chi connectivity index (χ1) is 21.1. The number of hydrogen-bond acceptors (Lipinski definition) is 5. The molecule has 1 aliphatic rings. The van der Waals surface area contributed by atoms with Crippen LogP contribution >= 0.6 is 35.0 Å². The van der Waals surface area contributed by atoms with Crippen LogP contribution in [0.15, 0.2) is 94.8 Å². The molecule has 0 aromatic heterocycles. The predicted octanol–water partition coefficient (Wildman–Crippen LogP) is 8.46. The quantitative estimate of drug-likeness (QED) is 0.191. The summed E-state index contributed by atoms with van der Waals surface area (Å²) in [5.41, 5.74) is 7.96. The molecule has 0 aliphatic carbocycles. The fourth-order valence-electron chi connectivity index (χ4n) is 4.69. The average molecular weight is 648 g/mol. The van der Waals surface area contributed by atoms with Gasteiger partial charge in [0.2, 0.25) is 0 Å². The van der Waals surface area contributed by atoms with Gasteiger partial charge in [0.1, 0.15) is 16.8 Å². The third-order valence-electron chi connectivity index (χ3n) is 7.00. The number of rotatable bonds is 9. The van der Waals surface area contributed by atoms with Gasteiger partial charge in [0.15, 0.2) is 6.10 Å². The van der Waals surface area contributed by atoms with Crippen LogP contribution in [0.3, 0.4) is 0 Å². The van der Waals surface area contributed by atoms with Crippen molar-refractivity contribution in [3.8, 4) is 5.75 Å². The maximum atomic E-state index is 13.9. The smallest absolute Gasteiger partial charge is 0.266 e. The maximum absolute atomic E-state index is 13.9. The second kappa shape index (κ2) is 13.8. The van der Waals surface area contributed by atoms with E-state index in [2.05, 4.69) is 10.7 Å². The average Bonchev–Trinajstić information content (AvgIpc) is 3.29. The summed E-state index contributed by atoms with van der Waals surface area (Å²) < 4.78 is 6.12. The van der Waals surface area contributed by atoms with Crippen molar-refractivity contribution in [3.63, 3.8) is 0 Å². The van der Waals surface area contributed by atoms with Gasteiger partial charge in [0.05, 0.1) is 22.1 Å². The Morgan fingerprint density at radius 1 is 1.00 bits per heavy atom. The van der Waals surface area contributed by atoms with Crippen LogP contribution in [-0.4, -0.2) is 29.0 Å². The summed E-state index contributed by atoms with van der Waals surface area (Å²) in [5.74, 6) is 0.566. The van der Waals surface area contributed by atoms with E-state index in [0.717, 1.165) is 16.7 Å². The normalized spacial score (nSPS) is 16.1. The van der Waals surface area contributed by atoms with Crippen molar-refractivity contribution in [2.24, 2.45) is 4.99 Å². The van der Waals surface area contributed by atoms with Crippen molar-refractivity contribution in [1.29, 1.82) is 0 Å². The number of ether oxygens (including phenoxy) is 1. The van der Waals surface area contributed by atoms with Gasteiger partial charge in [-0.15, -0.1) is 11.8 Å². The molecule has 2 amide bonds. The van der Waals surface area contributed by atoms with Gasteiger partial charge in [-0.3, -0.25) is 15.0 Å². The minimum absolute atomic E-state index is 0.231. The van der Waals surface area contributed by atoms with Gasteiger partial charge in [-0.05, 0) is 92.9 Å². The van der Waals surface area contributed by atoms with Crippen molar-refractivity contribution >= 4 is 69.7 Å². The molecule has 2 atom stereocenters. The van der Waals surface area contributed by atoms with Gasteiger partial charge in [0.25, 0.3) is 11.8 Å². The van der Waals surface area contributed by atoms with E-state index in [0.29, 0.717) is 50.0 Å². The van der Waals surface area contributed by atoms with Crippen LogP contribution in [0.5, 0.6) is 5.75 Å². The van der Waals surface area contributed by atoms with Crippen LogP contribution in [0.2, 0.25) is 10.0 Å². The first kappa shape index (κ1) is 31.4. The molecule has 1 fully saturated rings. The monoisotopic (exact) mass is 646 g/mol. The molecular formula is C34H32Cl2N4O3S. The number of hydrogen-bond donors (Lipinski definition) is 2. The number of halogens is 2. The molecule has 2 N–H and O–H groups in total. The summed E-state index contributed by atoms with van der Waals surface area (Å²) in [6, 6.07) is 25.7. The van der Waals surface area contributed by atoms with E-state index in [1.54, 1.807) is 24.3 Å². The summed E-state index contributed by atoms with van der Waals surface area (Å²) in [5, 5.41) is 4.75. The number of amides is 2. The molecule has 10 heteroatoms. The van der Waals surface area contributed by atoms with Gasteiger partial charge < -0.3 is 10.1 Å². The standard InChI is InChI=1S/C34H32Cl2N4O3S/c1-5-28(43-29-17-11-20(2)18-22(29)4)33(41)38-27-8-6-7-9-30(27)44-31-32(37-26-16-10-21(3)19-25(26)36)39-40(34(31)42)24-14-12-23(35)13-15-24/h6-19,28,31H,5H2,1-4H3,(H,37,39)(H,38,41). The summed E-state index contributed by atoms with van der Waals surface area (Å²) in [6.45, 7) is 7.83. The number of carbonyl (C=O) groups is 2. The molecule has 0 radical (unpaired) electrons. The second-order valence-corrected chi connectivity index (χ2v) is 12.5. The highest BCUT2D eigenvalue weighted by atomic mass is 35.5. The number of aryl methyl sites for hydroxylation is 3. The lowest BCUT2D eigenvalue weighted by Gasteiger charge is -2.20. The van der Waals surface area contributed by atoms with Gasteiger partial charge in [-0.2, -0.15) is 0 Å².